The monoisotopic (exact) mass is 548 g/mol. The molecule has 2 aromatic carbocycles. The van der Waals surface area contributed by atoms with E-state index in [2.05, 4.69) is 45.4 Å². The van der Waals surface area contributed by atoms with Crippen LogP contribution < -0.4 is 10.4 Å². The molecule has 1 aliphatic carbocycles. The Hall–Kier alpha value is -1.60. The van der Waals surface area contributed by atoms with Crippen molar-refractivity contribution in [2.45, 2.75) is 38.6 Å². The number of hydrogen-bond donors (Lipinski definition) is 1. The highest BCUT2D eigenvalue weighted by atomic mass is 79.9. The molecule has 1 amide bonds. The molecule has 1 saturated carbocycles. The first-order chi connectivity index (χ1) is 15.9. The number of anilines is 1. The van der Waals surface area contributed by atoms with Crippen molar-refractivity contribution in [2.24, 2.45) is 22.9 Å². The Morgan fingerprint density at radius 3 is 2.45 bits per heavy atom. The van der Waals surface area contributed by atoms with Gasteiger partial charge in [-0.2, -0.15) is 5.10 Å². The number of fused-ring (bicyclic) bond motifs is 1. The first-order valence-electron chi connectivity index (χ1n) is 11.6. The van der Waals surface area contributed by atoms with Crippen molar-refractivity contribution >= 4 is 56.4 Å². The summed E-state index contributed by atoms with van der Waals surface area (Å²) in [5.74, 6) is 1.23. The van der Waals surface area contributed by atoms with Crippen LogP contribution in [-0.2, 0) is 4.79 Å². The van der Waals surface area contributed by atoms with Crippen molar-refractivity contribution in [3.8, 4) is 0 Å². The van der Waals surface area contributed by atoms with E-state index in [0.29, 0.717) is 27.6 Å². The van der Waals surface area contributed by atoms with Crippen molar-refractivity contribution in [1.29, 1.82) is 0 Å². The molecule has 3 aliphatic rings. The molecule has 2 aromatic rings. The number of nitrogens with one attached hydrogen (secondary N) is 1. The summed E-state index contributed by atoms with van der Waals surface area (Å²) in [6, 6.07) is 13.4. The number of carbonyl (C=O) groups excluding carboxylic acids is 1. The van der Waals surface area contributed by atoms with Gasteiger partial charge in [0.15, 0.2) is 0 Å². The summed E-state index contributed by atoms with van der Waals surface area (Å²) in [6.07, 6.45) is 4.63. The minimum Gasteiger partial charge on any atom is -0.284 e. The Bertz CT molecular complexity index is 1060. The van der Waals surface area contributed by atoms with Gasteiger partial charge in [0.2, 0.25) is 0 Å². The van der Waals surface area contributed by atoms with Gasteiger partial charge in [-0.05, 0) is 67.0 Å². The molecule has 1 N–H and O–H groups in total. The lowest BCUT2D eigenvalue weighted by Gasteiger charge is -2.29. The SMILES string of the molecule is CC[C@H]1C(C(=O)NN2CC3CCCC3C2)=NN(c2ccc(Cl)cc2Cl)[C@H]1c1ccc(Br)cc1. The third-order valence-electron chi connectivity index (χ3n) is 7.24. The standard InChI is InChI=1S/C25H27BrCl2N4O/c1-2-20-23(25(33)30-31-13-16-4-3-5-17(16)14-31)29-32(22-11-10-19(27)12-21(22)28)24(20)15-6-8-18(26)9-7-15/h6-12,16-17,20,24H,2-5,13-14H2,1H3,(H,30,33)/t16?,17?,20-,24-/m0/s1. The molecule has 5 nitrogen and oxygen atoms in total. The molecule has 2 fully saturated rings. The van der Waals surface area contributed by atoms with Crippen LogP contribution in [0.1, 0.15) is 44.2 Å². The minimum atomic E-state index is -0.138. The zero-order valence-electron chi connectivity index (χ0n) is 18.5. The van der Waals surface area contributed by atoms with Crippen molar-refractivity contribution < 1.29 is 4.79 Å². The Labute approximate surface area is 213 Å². The van der Waals surface area contributed by atoms with Crippen LogP contribution >= 0.6 is 39.1 Å². The average molecular weight is 550 g/mol. The number of rotatable bonds is 5. The predicted molar refractivity (Wildman–Crippen MR) is 138 cm³/mol. The molecule has 4 atom stereocenters. The fourth-order valence-corrected chi connectivity index (χ4v) is 6.39. The van der Waals surface area contributed by atoms with Crippen molar-refractivity contribution in [2.75, 3.05) is 18.1 Å². The third-order valence-corrected chi connectivity index (χ3v) is 8.30. The number of hydrazone groups is 1. The molecule has 1 saturated heterocycles. The summed E-state index contributed by atoms with van der Waals surface area (Å²) in [7, 11) is 0. The quantitative estimate of drug-likeness (QED) is 0.465. The number of hydrazine groups is 1. The van der Waals surface area contributed by atoms with Crippen LogP contribution in [0.5, 0.6) is 0 Å². The molecule has 174 valence electrons. The summed E-state index contributed by atoms with van der Waals surface area (Å²) >= 11 is 16.3. The van der Waals surface area contributed by atoms with Gasteiger partial charge >= 0.3 is 0 Å². The lowest BCUT2D eigenvalue weighted by Crippen LogP contribution is -2.45. The number of nitrogens with zero attached hydrogens (tertiary/aromatic N) is 3. The van der Waals surface area contributed by atoms with Gasteiger partial charge in [-0.25, -0.2) is 5.01 Å². The molecule has 0 radical (unpaired) electrons. The van der Waals surface area contributed by atoms with Gasteiger partial charge < -0.3 is 0 Å². The Morgan fingerprint density at radius 1 is 1.12 bits per heavy atom. The molecule has 8 heteroatoms. The fourth-order valence-electron chi connectivity index (χ4n) is 5.63. The Kier molecular flexibility index (Phi) is 6.72. The molecule has 0 spiro atoms. The zero-order chi connectivity index (χ0) is 23.1. The van der Waals surface area contributed by atoms with E-state index in [1.807, 2.05) is 23.2 Å². The highest BCUT2D eigenvalue weighted by Crippen LogP contribution is 2.44. The second kappa shape index (κ2) is 9.57. The summed E-state index contributed by atoms with van der Waals surface area (Å²) in [5, 5.41) is 9.93. The topological polar surface area (TPSA) is 47.9 Å². The summed E-state index contributed by atoms with van der Waals surface area (Å²) in [5.41, 5.74) is 5.54. The van der Waals surface area contributed by atoms with Crippen LogP contribution in [0.3, 0.4) is 0 Å². The van der Waals surface area contributed by atoms with E-state index in [4.69, 9.17) is 28.3 Å². The van der Waals surface area contributed by atoms with Gasteiger partial charge in [0.05, 0.1) is 16.8 Å². The second-order valence-corrected chi connectivity index (χ2v) is 11.0. The van der Waals surface area contributed by atoms with Crippen LogP contribution in [0.2, 0.25) is 10.0 Å². The minimum absolute atomic E-state index is 0.0694. The smallest absolute Gasteiger partial charge is 0.282 e. The van der Waals surface area contributed by atoms with Gasteiger partial charge in [-0.1, -0.05) is 64.6 Å². The van der Waals surface area contributed by atoms with Gasteiger partial charge in [0.1, 0.15) is 5.71 Å². The van der Waals surface area contributed by atoms with E-state index < -0.39 is 0 Å². The number of carbonyl (C=O) groups is 1. The van der Waals surface area contributed by atoms with Gasteiger partial charge in [0.25, 0.3) is 5.91 Å². The van der Waals surface area contributed by atoms with Crippen molar-refractivity contribution in [3.05, 3.63) is 62.5 Å². The van der Waals surface area contributed by atoms with Gasteiger partial charge in [-0.15, -0.1) is 0 Å². The summed E-state index contributed by atoms with van der Waals surface area (Å²) in [6.45, 7) is 3.97. The van der Waals surface area contributed by atoms with E-state index >= 15 is 0 Å². The van der Waals surface area contributed by atoms with E-state index in [9.17, 15) is 4.79 Å². The van der Waals surface area contributed by atoms with E-state index in [0.717, 1.165) is 35.2 Å². The maximum Gasteiger partial charge on any atom is 0.282 e. The first-order valence-corrected chi connectivity index (χ1v) is 13.1. The molecule has 5 rings (SSSR count). The highest BCUT2D eigenvalue weighted by molar-refractivity contribution is 9.10. The molecule has 2 unspecified atom stereocenters. The number of benzene rings is 2. The zero-order valence-corrected chi connectivity index (χ0v) is 21.6. The normalized spacial score (nSPS) is 27.0. The van der Waals surface area contributed by atoms with E-state index in [1.165, 1.54) is 19.3 Å². The van der Waals surface area contributed by atoms with Crippen LogP contribution in [0.15, 0.2) is 52.0 Å². The van der Waals surface area contributed by atoms with E-state index in [1.54, 1.807) is 12.1 Å². The molecule has 2 heterocycles. The molecular formula is C25H27BrCl2N4O. The predicted octanol–water partition coefficient (Wildman–Crippen LogP) is 6.46. The maximum atomic E-state index is 13.5. The summed E-state index contributed by atoms with van der Waals surface area (Å²) in [4.78, 5) is 13.5. The Balaban J connectivity index is 1.47. The maximum absolute atomic E-state index is 13.5. The van der Waals surface area contributed by atoms with Crippen molar-refractivity contribution in [1.82, 2.24) is 10.4 Å². The number of amides is 1. The van der Waals surface area contributed by atoms with Crippen LogP contribution in [0.4, 0.5) is 5.69 Å². The fraction of sp³-hybridized carbons (Fsp3) is 0.440. The average Bonchev–Trinajstić information content (AvgIpc) is 3.47. The molecule has 0 aromatic heterocycles. The Morgan fingerprint density at radius 2 is 1.82 bits per heavy atom. The highest BCUT2D eigenvalue weighted by Gasteiger charge is 2.43. The lowest BCUT2D eigenvalue weighted by atomic mass is 9.87. The lowest BCUT2D eigenvalue weighted by molar-refractivity contribution is -0.119. The van der Waals surface area contributed by atoms with E-state index in [-0.39, 0.29) is 17.9 Å². The molecule has 2 aliphatic heterocycles. The van der Waals surface area contributed by atoms with Crippen LogP contribution in [-0.4, -0.2) is 29.7 Å². The number of halogens is 3. The van der Waals surface area contributed by atoms with Gasteiger partial charge in [-0.3, -0.25) is 15.2 Å². The summed E-state index contributed by atoms with van der Waals surface area (Å²) < 4.78 is 1.01. The number of hydrogen-bond acceptors (Lipinski definition) is 4. The largest absolute Gasteiger partial charge is 0.284 e. The molecule has 33 heavy (non-hydrogen) atoms. The van der Waals surface area contributed by atoms with Gasteiger partial charge in [0, 0.05) is 28.5 Å². The van der Waals surface area contributed by atoms with Crippen LogP contribution in [0, 0.1) is 17.8 Å². The molecule has 0 bridgehead atoms. The van der Waals surface area contributed by atoms with Crippen LogP contribution in [0.25, 0.3) is 0 Å². The molecular weight excluding hydrogens is 523 g/mol. The second-order valence-electron chi connectivity index (χ2n) is 9.23. The van der Waals surface area contributed by atoms with Crippen molar-refractivity contribution in [3.63, 3.8) is 0 Å². The third kappa shape index (κ3) is 4.55. The first kappa shape index (κ1) is 23.2.